The van der Waals surface area contributed by atoms with Gasteiger partial charge in [0, 0.05) is 17.3 Å². The van der Waals surface area contributed by atoms with Gasteiger partial charge in [0.1, 0.15) is 17.2 Å². The van der Waals surface area contributed by atoms with E-state index < -0.39 is 10.5 Å². The smallest absolute Gasteiger partial charge is 0.281 e. The third kappa shape index (κ3) is 2.72. The molecule has 0 spiro atoms. The second-order valence-corrected chi connectivity index (χ2v) is 4.63. The molecule has 1 heterocycles. The van der Waals surface area contributed by atoms with Gasteiger partial charge in [0.15, 0.2) is 11.5 Å². The Balaban J connectivity index is 3.01. The Kier molecular flexibility index (Phi) is 4.32. The summed E-state index contributed by atoms with van der Waals surface area (Å²) in [5, 5.41) is 20.6. The van der Waals surface area contributed by atoms with E-state index in [-0.39, 0.29) is 33.9 Å². The first-order chi connectivity index (χ1) is 10.9. The molecule has 0 atom stereocenters. The van der Waals surface area contributed by atoms with E-state index in [2.05, 4.69) is 4.98 Å². The molecule has 0 radical (unpaired) electrons. The van der Waals surface area contributed by atoms with E-state index in [1.165, 1.54) is 32.4 Å². The van der Waals surface area contributed by atoms with Crippen LogP contribution in [-0.4, -0.2) is 24.1 Å². The highest BCUT2D eigenvalue weighted by molar-refractivity contribution is 5.85. The van der Waals surface area contributed by atoms with Crippen LogP contribution in [0.15, 0.2) is 23.0 Å². The molecule has 0 unspecified atom stereocenters. The summed E-state index contributed by atoms with van der Waals surface area (Å²) in [6.45, 7) is 1.62. The molecule has 0 aliphatic rings. The third-order valence-electron chi connectivity index (χ3n) is 3.27. The first kappa shape index (κ1) is 16.0. The predicted molar refractivity (Wildman–Crippen MR) is 81.7 cm³/mol. The van der Waals surface area contributed by atoms with Crippen LogP contribution in [0.2, 0.25) is 0 Å². The molecule has 2 rings (SSSR count). The fourth-order valence-electron chi connectivity index (χ4n) is 2.33. The Morgan fingerprint density at radius 2 is 2.00 bits per heavy atom. The number of hydrogen-bond acceptors (Lipinski definition) is 6. The van der Waals surface area contributed by atoms with Crippen LogP contribution < -0.4 is 15.0 Å². The highest BCUT2D eigenvalue weighted by Crippen LogP contribution is 2.44. The highest BCUT2D eigenvalue weighted by Gasteiger charge is 2.27. The minimum atomic E-state index is -0.623. The maximum atomic E-state index is 12.0. The number of aryl methyl sites for hydroxylation is 1. The lowest BCUT2D eigenvalue weighted by molar-refractivity contribution is -0.384. The average molecular weight is 315 g/mol. The highest BCUT2D eigenvalue weighted by atomic mass is 16.6. The van der Waals surface area contributed by atoms with E-state index in [0.717, 1.165) is 0 Å². The van der Waals surface area contributed by atoms with Gasteiger partial charge in [-0.1, -0.05) is 0 Å². The van der Waals surface area contributed by atoms with Crippen LogP contribution in [0.1, 0.15) is 11.3 Å². The number of rotatable bonds is 4. The van der Waals surface area contributed by atoms with Crippen molar-refractivity contribution in [1.82, 2.24) is 4.98 Å². The minimum absolute atomic E-state index is 0.0302. The molecule has 8 nitrogen and oxygen atoms in total. The molecule has 23 heavy (non-hydrogen) atoms. The Morgan fingerprint density at radius 3 is 2.52 bits per heavy atom. The van der Waals surface area contributed by atoms with Crippen LogP contribution in [0.4, 0.5) is 5.69 Å². The molecule has 1 aromatic carbocycles. The van der Waals surface area contributed by atoms with Crippen LogP contribution >= 0.6 is 0 Å². The summed E-state index contributed by atoms with van der Waals surface area (Å²) in [5.74, 6) is 0.345. The molecule has 0 aliphatic heterocycles. The first-order valence-corrected chi connectivity index (χ1v) is 6.48. The lowest BCUT2D eigenvalue weighted by atomic mass is 9.98. The van der Waals surface area contributed by atoms with Crippen LogP contribution in [0.5, 0.6) is 11.5 Å². The van der Waals surface area contributed by atoms with Gasteiger partial charge in [0.25, 0.3) is 11.2 Å². The first-order valence-electron chi connectivity index (χ1n) is 6.48. The summed E-state index contributed by atoms with van der Waals surface area (Å²) in [6, 6.07) is 5.91. The van der Waals surface area contributed by atoms with Crippen molar-refractivity contribution in [1.29, 1.82) is 5.26 Å². The number of nitriles is 1. The van der Waals surface area contributed by atoms with E-state index in [9.17, 15) is 20.2 Å². The van der Waals surface area contributed by atoms with Crippen LogP contribution in [-0.2, 0) is 0 Å². The molecule has 0 saturated carbocycles. The largest absolute Gasteiger partial charge is 0.493 e. The molecule has 0 bridgehead atoms. The number of H-pyrrole nitrogens is 1. The summed E-state index contributed by atoms with van der Waals surface area (Å²) in [7, 11) is 2.72. The maximum absolute atomic E-state index is 12.0. The van der Waals surface area contributed by atoms with Crippen LogP contribution in [0.3, 0.4) is 0 Å². The predicted octanol–water partition coefficient (Wildman–Crippen LogP) is 2.15. The van der Waals surface area contributed by atoms with Crippen LogP contribution in [0, 0.1) is 28.4 Å². The van der Waals surface area contributed by atoms with Gasteiger partial charge in [-0.2, -0.15) is 5.26 Å². The third-order valence-corrected chi connectivity index (χ3v) is 3.27. The topological polar surface area (TPSA) is 118 Å². The number of nitro groups is 1. The van der Waals surface area contributed by atoms with E-state index in [0.29, 0.717) is 5.69 Å². The number of benzene rings is 1. The fraction of sp³-hybridized carbons (Fsp3) is 0.200. The summed E-state index contributed by atoms with van der Waals surface area (Å²) in [6.07, 6.45) is 0. The Hall–Kier alpha value is -3.34. The number of nitro benzene ring substituents is 1. The standard InChI is InChI=1S/C15H13N3O5/c1-8-6-9(10(7-16)15(19)17-8)13-11(18(20)21)4-5-12(22-2)14(13)23-3/h4-6H,1-3H3,(H,17,19). The average Bonchev–Trinajstić information content (AvgIpc) is 2.52. The minimum Gasteiger partial charge on any atom is -0.493 e. The fourth-order valence-corrected chi connectivity index (χ4v) is 2.33. The molecule has 0 fully saturated rings. The van der Waals surface area contributed by atoms with Gasteiger partial charge in [0.05, 0.1) is 19.1 Å². The molecule has 0 saturated heterocycles. The Bertz CT molecular complexity index is 880. The molecule has 8 heteroatoms. The number of hydrogen-bond donors (Lipinski definition) is 1. The number of ether oxygens (including phenoxy) is 2. The molecule has 118 valence electrons. The molecule has 0 amide bonds. The van der Waals surface area contributed by atoms with Crippen molar-refractivity contribution < 1.29 is 14.4 Å². The van der Waals surface area contributed by atoms with Gasteiger partial charge in [-0.05, 0) is 19.1 Å². The lowest BCUT2D eigenvalue weighted by Crippen LogP contribution is -2.13. The molecule has 1 aromatic heterocycles. The summed E-state index contributed by atoms with van der Waals surface area (Å²) in [5.41, 5.74) is -0.530. The normalized spacial score (nSPS) is 10.0. The zero-order valence-corrected chi connectivity index (χ0v) is 12.7. The Morgan fingerprint density at radius 1 is 1.30 bits per heavy atom. The van der Waals surface area contributed by atoms with Gasteiger partial charge in [-0.3, -0.25) is 14.9 Å². The van der Waals surface area contributed by atoms with Crippen molar-refractivity contribution in [3.63, 3.8) is 0 Å². The SMILES string of the molecule is COc1ccc([N+](=O)[O-])c(-c2cc(C)[nH]c(=O)c2C#N)c1OC. The quantitative estimate of drug-likeness (QED) is 0.682. The van der Waals surface area contributed by atoms with Crippen molar-refractivity contribution in [2.75, 3.05) is 14.2 Å². The molecular formula is C15H13N3O5. The summed E-state index contributed by atoms with van der Waals surface area (Å²) in [4.78, 5) is 25.2. The summed E-state index contributed by atoms with van der Waals surface area (Å²) >= 11 is 0. The molecule has 1 N–H and O–H groups in total. The lowest BCUT2D eigenvalue weighted by Gasteiger charge is -2.14. The van der Waals surface area contributed by atoms with Gasteiger partial charge in [-0.25, -0.2) is 0 Å². The van der Waals surface area contributed by atoms with E-state index in [4.69, 9.17) is 9.47 Å². The second kappa shape index (κ2) is 6.19. The number of aromatic amines is 1. The Labute approximate surface area is 131 Å². The van der Waals surface area contributed by atoms with Crippen molar-refractivity contribution in [3.8, 4) is 28.7 Å². The van der Waals surface area contributed by atoms with Crippen molar-refractivity contribution >= 4 is 5.69 Å². The zero-order valence-electron chi connectivity index (χ0n) is 12.7. The number of nitrogens with one attached hydrogen (secondary N) is 1. The summed E-state index contributed by atoms with van der Waals surface area (Å²) < 4.78 is 10.4. The number of nitrogens with zero attached hydrogens (tertiary/aromatic N) is 2. The van der Waals surface area contributed by atoms with Crippen LogP contribution in [0.25, 0.3) is 11.1 Å². The molecular weight excluding hydrogens is 302 g/mol. The van der Waals surface area contributed by atoms with Gasteiger partial charge in [-0.15, -0.1) is 0 Å². The van der Waals surface area contributed by atoms with E-state index >= 15 is 0 Å². The zero-order chi connectivity index (χ0) is 17.1. The second-order valence-electron chi connectivity index (χ2n) is 4.63. The van der Waals surface area contributed by atoms with E-state index in [1.807, 2.05) is 0 Å². The van der Waals surface area contributed by atoms with Gasteiger partial charge in [0.2, 0.25) is 0 Å². The van der Waals surface area contributed by atoms with Gasteiger partial charge >= 0.3 is 0 Å². The number of methoxy groups -OCH3 is 2. The van der Waals surface area contributed by atoms with Crippen molar-refractivity contribution in [2.24, 2.45) is 0 Å². The van der Waals surface area contributed by atoms with Gasteiger partial charge < -0.3 is 14.5 Å². The number of aromatic nitrogens is 1. The van der Waals surface area contributed by atoms with Crippen molar-refractivity contribution in [3.05, 3.63) is 49.9 Å². The monoisotopic (exact) mass is 315 g/mol. The van der Waals surface area contributed by atoms with Crippen molar-refractivity contribution in [2.45, 2.75) is 6.92 Å². The molecule has 0 aliphatic carbocycles. The number of pyridine rings is 1. The maximum Gasteiger partial charge on any atom is 0.281 e. The van der Waals surface area contributed by atoms with E-state index in [1.54, 1.807) is 13.0 Å². The molecule has 2 aromatic rings.